The maximum Gasteiger partial charge on any atom is 0.310 e. The number of rotatable bonds is 5. The molecule has 0 fully saturated rings. The van der Waals surface area contributed by atoms with Gasteiger partial charge in [0.05, 0.1) is 13.0 Å². The van der Waals surface area contributed by atoms with E-state index >= 15 is 0 Å². The maximum atomic E-state index is 12.7. The lowest BCUT2D eigenvalue weighted by Gasteiger charge is -2.39. The van der Waals surface area contributed by atoms with Crippen LogP contribution in [0.4, 0.5) is 0 Å². The molecule has 0 radical (unpaired) electrons. The van der Waals surface area contributed by atoms with Crippen molar-refractivity contribution in [1.82, 2.24) is 0 Å². The number of carbonyl (C=O) groups is 3. The zero-order valence-electron chi connectivity index (χ0n) is 13.3. The minimum absolute atomic E-state index is 0.0945. The molecule has 0 aromatic heterocycles. The SMILES string of the molecule is CCC(C)C(=O)O[C@]1(C)C(=O)C=C(OC)[C@@](C)(OC)C1=O. The van der Waals surface area contributed by atoms with Gasteiger partial charge in [-0.15, -0.1) is 0 Å². The quantitative estimate of drug-likeness (QED) is 0.564. The first-order valence-corrected chi connectivity index (χ1v) is 6.80. The minimum Gasteiger partial charge on any atom is -0.497 e. The Kier molecular flexibility index (Phi) is 4.94. The summed E-state index contributed by atoms with van der Waals surface area (Å²) in [6.07, 6.45) is 1.70. The van der Waals surface area contributed by atoms with Crippen LogP contribution in [0.2, 0.25) is 0 Å². The Balaban J connectivity index is 3.25. The van der Waals surface area contributed by atoms with Crippen LogP contribution in [0.3, 0.4) is 0 Å². The van der Waals surface area contributed by atoms with Gasteiger partial charge in [0.15, 0.2) is 5.60 Å². The molecule has 6 nitrogen and oxygen atoms in total. The van der Waals surface area contributed by atoms with Crippen LogP contribution in [0.15, 0.2) is 11.8 Å². The smallest absolute Gasteiger partial charge is 0.310 e. The number of hydrogen-bond acceptors (Lipinski definition) is 6. The molecule has 1 aliphatic carbocycles. The fraction of sp³-hybridized carbons (Fsp3) is 0.667. The number of Topliss-reactive ketones (excluding diaryl/α,β-unsaturated/α-hetero) is 1. The molecule has 1 aliphatic rings. The van der Waals surface area contributed by atoms with E-state index in [2.05, 4.69) is 0 Å². The van der Waals surface area contributed by atoms with Gasteiger partial charge in [-0.25, -0.2) is 0 Å². The van der Waals surface area contributed by atoms with Gasteiger partial charge in [-0.2, -0.15) is 0 Å². The van der Waals surface area contributed by atoms with E-state index in [1.54, 1.807) is 6.92 Å². The van der Waals surface area contributed by atoms with Crippen LogP contribution in [0, 0.1) is 5.92 Å². The molecule has 0 spiro atoms. The Labute approximate surface area is 124 Å². The van der Waals surface area contributed by atoms with Gasteiger partial charge in [-0.3, -0.25) is 14.4 Å². The van der Waals surface area contributed by atoms with Gasteiger partial charge >= 0.3 is 5.97 Å². The molecular weight excluding hydrogens is 276 g/mol. The first-order chi connectivity index (χ1) is 9.67. The van der Waals surface area contributed by atoms with Crippen molar-refractivity contribution in [2.45, 2.75) is 45.3 Å². The average molecular weight is 298 g/mol. The molecule has 0 heterocycles. The summed E-state index contributed by atoms with van der Waals surface area (Å²) in [5.74, 6) is -2.18. The molecule has 0 aromatic carbocycles. The van der Waals surface area contributed by atoms with Crippen molar-refractivity contribution < 1.29 is 28.6 Å². The van der Waals surface area contributed by atoms with E-state index in [4.69, 9.17) is 14.2 Å². The number of hydrogen-bond donors (Lipinski definition) is 0. The third-order valence-electron chi connectivity index (χ3n) is 4.02. The van der Waals surface area contributed by atoms with Gasteiger partial charge in [-0.05, 0) is 20.3 Å². The topological polar surface area (TPSA) is 78.9 Å². The fourth-order valence-corrected chi connectivity index (χ4v) is 2.09. The molecule has 0 N–H and O–H groups in total. The molecule has 21 heavy (non-hydrogen) atoms. The summed E-state index contributed by atoms with van der Waals surface area (Å²) >= 11 is 0. The summed E-state index contributed by atoms with van der Waals surface area (Å²) < 4.78 is 15.5. The molecule has 6 heteroatoms. The number of ketones is 2. The molecule has 118 valence electrons. The Hall–Kier alpha value is -1.69. The summed E-state index contributed by atoms with van der Waals surface area (Å²) in [7, 11) is 2.68. The average Bonchev–Trinajstić information content (AvgIpc) is 2.48. The second-order valence-electron chi connectivity index (χ2n) is 5.41. The number of esters is 1. The molecule has 0 amide bonds. The highest BCUT2D eigenvalue weighted by atomic mass is 16.6. The highest BCUT2D eigenvalue weighted by molar-refractivity contribution is 6.21. The van der Waals surface area contributed by atoms with Gasteiger partial charge in [0.25, 0.3) is 0 Å². The highest BCUT2D eigenvalue weighted by Gasteiger charge is 2.58. The van der Waals surface area contributed by atoms with Crippen molar-refractivity contribution in [3.63, 3.8) is 0 Å². The minimum atomic E-state index is -1.90. The second kappa shape index (κ2) is 5.97. The largest absolute Gasteiger partial charge is 0.497 e. The van der Waals surface area contributed by atoms with E-state index in [9.17, 15) is 14.4 Å². The lowest BCUT2D eigenvalue weighted by molar-refractivity contribution is -0.182. The van der Waals surface area contributed by atoms with E-state index in [-0.39, 0.29) is 5.76 Å². The lowest BCUT2D eigenvalue weighted by atomic mass is 9.77. The number of carbonyl (C=O) groups excluding carboxylic acids is 3. The molecule has 1 unspecified atom stereocenters. The molecule has 0 saturated heterocycles. The van der Waals surface area contributed by atoms with Crippen LogP contribution in [-0.4, -0.2) is 43.0 Å². The molecular formula is C15H22O6. The standard InChI is InChI=1S/C15H22O6/c1-7-9(2)12(17)21-14(3)10(16)8-11(19-5)15(4,20-6)13(14)18/h8-9H,7H2,1-6H3/t9?,14-,15-/m1/s1. The van der Waals surface area contributed by atoms with E-state index < -0.39 is 34.7 Å². The summed E-state index contributed by atoms with van der Waals surface area (Å²) in [4.78, 5) is 36.9. The predicted molar refractivity (Wildman–Crippen MR) is 74.5 cm³/mol. The number of ether oxygens (including phenoxy) is 3. The third kappa shape index (κ3) is 2.72. The highest BCUT2D eigenvalue weighted by Crippen LogP contribution is 2.35. The Morgan fingerprint density at radius 2 is 1.81 bits per heavy atom. The first-order valence-electron chi connectivity index (χ1n) is 6.80. The van der Waals surface area contributed by atoms with Crippen molar-refractivity contribution in [3.8, 4) is 0 Å². The van der Waals surface area contributed by atoms with Crippen LogP contribution < -0.4 is 0 Å². The Morgan fingerprint density at radius 1 is 1.24 bits per heavy atom. The Bertz CT molecular complexity index is 494. The van der Waals surface area contributed by atoms with Crippen molar-refractivity contribution >= 4 is 17.5 Å². The first kappa shape index (κ1) is 17.4. The van der Waals surface area contributed by atoms with E-state index in [1.807, 2.05) is 6.92 Å². The van der Waals surface area contributed by atoms with E-state index in [1.165, 1.54) is 28.1 Å². The van der Waals surface area contributed by atoms with Crippen molar-refractivity contribution in [1.29, 1.82) is 0 Å². The van der Waals surface area contributed by atoms with Gasteiger partial charge in [-0.1, -0.05) is 13.8 Å². The zero-order chi connectivity index (χ0) is 16.4. The molecule has 3 atom stereocenters. The van der Waals surface area contributed by atoms with Crippen LogP contribution in [0.1, 0.15) is 34.1 Å². The van der Waals surface area contributed by atoms with Crippen molar-refractivity contribution in [2.24, 2.45) is 5.92 Å². The maximum absolute atomic E-state index is 12.7. The molecule has 0 aliphatic heterocycles. The molecule has 0 aromatic rings. The summed E-state index contributed by atoms with van der Waals surface area (Å²) in [6, 6.07) is 0. The Morgan fingerprint density at radius 3 is 2.24 bits per heavy atom. The third-order valence-corrected chi connectivity index (χ3v) is 4.02. The van der Waals surface area contributed by atoms with Crippen LogP contribution in [-0.2, 0) is 28.6 Å². The molecule has 0 saturated carbocycles. The summed E-state index contributed by atoms with van der Waals surface area (Å²) in [5, 5.41) is 0. The number of methoxy groups -OCH3 is 2. The predicted octanol–water partition coefficient (Wildman–Crippen LogP) is 1.42. The van der Waals surface area contributed by atoms with E-state index in [0.717, 1.165) is 6.08 Å². The van der Waals surface area contributed by atoms with Gasteiger partial charge < -0.3 is 14.2 Å². The van der Waals surface area contributed by atoms with Gasteiger partial charge in [0.1, 0.15) is 5.76 Å². The van der Waals surface area contributed by atoms with Crippen molar-refractivity contribution in [3.05, 3.63) is 11.8 Å². The van der Waals surface area contributed by atoms with Crippen LogP contribution in [0.25, 0.3) is 0 Å². The molecule has 1 rings (SSSR count). The zero-order valence-corrected chi connectivity index (χ0v) is 13.3. The van der Waals surface area contributed by atoms with Crippen molar-refractivity contribution in [2.75, 3.05) is 14.2 Å². The van der Waals surface area contributed by atoms with Gasteiger partial charge in [0, 0.05) is 13.2 Å². The normalized spacial score (nSPS) is 30.7. The molecule has 0 bridgehead atoms. The fourth-order valence-electron chi connectivity index (χ4n) is 2.09. The van der Waals surface area contributed by atoms with Gasteiger partial charge in [0.2, 0.25) is 17.2 Å². The summed E-state index contributed by atoms with van der Waals surface area (Å²) in [5.41, 5.74) is -3.36. The lowest BCUT2D eigenvalue weighted by Crippen LogP contribution is -2.61. The summed E-state index contributed by atoms with van der Waals surface area (Å²) in [6.45, 7) is 6.26. The second-order valence-corrected chi connectivity index (χ2v) is 5.41. The van der Waals surface area contributed by atoms with Crippen LogP contribution >= 0.6 is 0 Å². The van der Waals surface area contributed by atoms with E-state index in [0.29, 0.717) is 6.42 Å². The monoisotopic (exact) mass is 298 g/mol. The van der Waals surface area contributed by atoms with Crippen LogP contribution in [0.5, 0.6) is 0 Å².